The highest BCUT2D eigenvalue weighted by Crippen LogP contribution is 2.25. The van der Waals surface area contributed by atoms with Gasteiger partial charge in [0.05, 0.1) is 5.69 Å². The lowest BCUT2D eigenvalue weighted by molar-refractivity contribution is -0.113. The number of thiazole rings is 1. The van der Waals surface area contributed by atoms with Crippen molar-refractivity contribution in [2.75, 3.05) is 11.2 Å². The summed E-state index contributed by atoms with van der Waals surface area (Å²) in [6, 6.07) is 8.43. The van der Waals surface area contributed by atoms with E-state index in [1.807, 2.05) is 6.92 Å². The molecule has 1 aromatic carbocycles. The summed E-state index contributed by atoms with van der Waals surface area (Å²) in [5.41, 5.74) is 3.45. The van der Waals surface area contributed by atoms with E-state index in [1.54, 1.807) is 0 Å². The summed E-state index contributed by atoms with van der Waals surface area (Å²) in [5, 5.41) is 3.30. The second-order valence-corrected chi connectivity index (χ2v) is 5.72. The Bertz CT molecular complexity index is 578. The summed E-state index contributed by atoms with van der Waals surface area (Å²) in [4.78, 5) is 16.7. The molecule has 0 saturated carbocycles. The highest BCUT2D eigenvalue weighted by Gasteiger charge is 2.10. The molecule has 100 valence electrons. The predicted molar refractivity (Wildman–Crippen MR) is 80.2 cm³/mol. The van der Waals surface area contributed by atoms with E-state index in [2.05, 4.69) is 41.5 Å². The van der Waals surface area contributed by atoms with E-state index in [-0.39, 0.29) is 11.8 Å². The lowest BCUT2D eigenvalue weighted by atomic mass is 10.1. The number of carbonyl (C=O) groups excluding carboxylic acids is 1. The molecule has 2 rings (SSSR count). The monoisotopic (exact) mass is 294 g/mol. The summed E-state index contributed by atoms with van der Waals surface area (Å²) in [6.45, 7) is 4.03. The van der Waals surface area contributed by atoms with Gasteiger partial charge in [0.1, 0.15) is 5.88 Å². The third-order valence-corrected chi connectivity index (χ3v) is 4.06. The van der Waals surface area contributed by atoms with E-state index in [4.69, 9.17) is 11.6 Å². The van der Waals surface area contributed by atoms with Crippen molar-refractivity contribution in [3.05, 3.63) is 46.0 Å². The van der Waals surface area contributed by atoms with Crippen LogP contribution in [-0.4, -0.2) is 16.8 Å². The predicted octanol–water partition coefficient (Wildman–Crippen LogP) is 3.53. The molecule has 1 amide bonds. The summed E-state index contributed by atoms with van der Waals surface area (Å²) >= 11 is 6.96. The average molecular weight is 295 g/mol. The van der Waals surface area contributed by atoms with Crippen molar-refractivity contribution in [2.24, 2.45) is 0 Å². The zero-order chi connectivity index (χ0) is 13.8. The molecule has 5 heteroatoms. The van der Waals surface area contributed by atoms with E-state index in [1.165, 1.54) is 22.5 Å². The molecule has 0 aliphatic heterocycles. The molecule has 0 atom stereocenters. The van der Waals surface area contributed by atoms with Crippen molar-refractivity contribution >= 4 is 34.0 Å². The minimum atomic E-state index is -0.225. The Kier molecular flexibility index (Phi) is 4.56. The van der Waals surface area contributed by atoms with E-state index in [0.29, 0.717) is 5.13 Å². The third kappa shape index (κ3) is 3.78. The van der Waals surface area contributed by atoms with Crippen LogP contribution in [0.2, 0.25) is 0 Å². The van der Waals surface area contributed by atoms with Crippen LogP contribution in [0.5, 0.6) is 0 Å². The first kappa shape index (κ1) is 14.0. The van der Waals surface area contributed by atoms with Crippen LogP contribution in [0.25, 0.3) is 0 Å². The van der Waals surface area contributed by atoms with Crippen LogP contribution in [0, 0.1) is 13.8 Å². The molecule has 1 N–H and O–H groups in total. The molecule has 1 aromatic heterocycles. The van der Waals surface area contributed by atoms with Crippen molar-refractivity contribution in [3.8, 4) is 0 Å². The second-order valence-electron chi connectivity index (χ2n) is 4.37. The number of hydrogen-bond acceptors (Lipinski definition) is 3. The van der Waals surface area contributed by atoms with Crippen LogP contribution in [0.3, 0.4) is 0 Å². The molecule has 2 aromatic rings. The molecule has 0 aliphatic rings. The number of alkyl halides is 1. The Morgan fingerprint density at radius 1 is 1.32 bits per heavy atom. The topological polar surface area (TPSA) is 42.0 Å². The van der Waals surface area contributed by atoms with E-state index >= 15 is 0 Å². The Morgan fingerprint density at radius 2 is 2.00 bits per heavy atom. The molecule has 0 unspecified atom stereocenters. The Labute approximate surface area is 121 Å². The summed E-state index contributed by atoms with van der Waals surface area (Å²) in [7, 11) is 0. The number of aromatic nitrogens is 1. The van der Waals surface area contributed by atoms with Gasteiger partial charge in [-0.15, -0.1) is 22.9 Å². The maximum atomic E-state index is 11.2. The van der Waals surface area contributed by atoms with Crippen molar-refractivity contribution in [1.29, 1.82) is 0 Å². The number of nitrogens with zero attached hydrogens (tertiary/aromatic N) is 1. The number of benzene rings is 1. The van der Waals surface area contributed by atoms with Crippen molar-refractivity contribution in [2.45, 2.75) is 20.3 Å². The molecule has 1 heterocycles. The molecular formula is C14H15ClN2OS. The number of amides is 1. The lowest BCUT2D eigenvalue weighted by Crippen LogP contribution is -2.12. The normalized spacial score (nSPS) is 10.5. The zero-order valence-corrected chi connectivity index (χ0v) is 12.4. The van der Waals surface area contributed by atoms with Crippen LogP contribution < -0.4 is 5.32 Å². The zero-order valence-electron chi connectivity index (χ0n) is 10.9. The third-order valence-electron chi connectivity index (χ3n) is 2.75. The molecule has 3 nitrogen and oxygen atoms in total. The molecular weight excluding hydrogens is 280 g/mol. The largest absolute Gasteiger partial charge is 0.301 e. The first-order chi connectivity index (χ1) is 9.08. The van der Waals surface area contributed by atoms with Gasteiger partial charge in [-0.1, -0.05) is 29.8 Å². The first-order valence-electron chi connectivity index (χ1n) is 5.96. The molecule has 19 heavy (non-hydrogen) atoms. The molecule has 0 fully saturated rings. The van der Waals surface area contributed by atoms with Gasteiger partial charge in [0.25, 0.3) is 0 Å². The Morgan fingerprint density at radius 3 is 2.63 bits per heavy atom. The van der Waals surface area contributed by atoms with E-state index < -0.39 is 0 Å². The summed E-state index contributed by atoms with van der Waals surface area (Å²) in [6.07, 6.45) is 0.834. The maximum Gasteiger partial charge on any atom is 0.241 e. The van der Waals surface area contributed by atoms with Gasteiger partial charge in [0.2, 0.25) is 5.91 Å². The van der Waals surface area contributed by atoms with Crippen LogP contribution in [0.4, 0.5) is 5.13 Å². The Balaban J connectivity index is 2.12. The van der Waals surface area contributed by atoms with E-state index in [0.717, 1.165) is 17.0 Å². The van der Waals surface area contributed by atoms with Crippen LogP contribution in [-0.2, 0) is 11.2 Å². The fraction of sp³-hybridized carbons (Fsp3) is 0.286. The van der Waals surface area contributed by atoms with Gasteiger partial charge in [-0.2, -0.15) is 0 Å². The van der Waals surface area contributed by atoms with Gasteiger partial charge in [0, 0.05) is 11.3 Å². The number of halogens is 1. The van der Waals surface area contributed by atoms with Gasteiger partial charge < -0.3 is 5.32 Å². The molecule has 0 saturated heterocycles. The van der Waals surface area contributed by atoms with Gasteiger partial charge in [-0.05, 0) is 19.4 Å². The fourth-order valence-corrected chi connectivity index (χ4v) is 2.77. The lowest BCUT2D eigenvalue weighted by Gasteiger charge is -2.00. The second kappa shape index (κ2) is 6.17. The number of carbonyl (C=O) groups is 1. The smallest absolute Gasteiger partial charge is 0.241 e. The number of anilines is 1. The summed E-state index contributed by atoms with van der Waals surface area (Å²) < 4.78 is 0. The number of hydrogen-bond donors (Lipinski definition) is 1. The molecule has 0 radical (unpaired) electrons. The van der Waals surface area contributed by atoms with Gasteiger partial charge in [0.15, 0.2) is 5.13 Å². The molecule has 0 spiro atoms. The van der Waals surface area contributed by atoms with Crippen LogP contribution in [0.1, 0.15) is 21.7 Å². The van der Waals surface area contributed by atoms with Crippen molar-refractivity contribution in [1.82, 2.24) is 4.98 Å². The van der Waals surface area contributed by atoms with Gasteiger partial charge >= 0.3 is 0 Å². The summed E-state index contributed by atoms with van der Waals surface area (Å²) in [5.74, 6) is -0.274. The standard InChI is InChI=1S/C14H15ClN2OS/c1-9-3-5-11(6-4-9)7-12-10(2)16-14(19-12)17-13(18)8-15/h3-6H,7-8H2,1-2H3,(H,16,17,18). The highest BCUT2D eigenvalue weighted by atomic mass is 35.5. The SMILES string of the molecule is Cc1ccc(Cc2sc(NC(=O)CCl)nc2C)cc1. The number of nitrogens with one attached hydrogen (secondary N) is 1. The van der Waals surface area contributed by atoms with Crippen molar-refractivity contribution in [3.63, 3.8) is 0 Å². The molecule has 0 bridgehead atoms. The van der Waals surface area contributed by atoms with E-state index in [9.17, 15) is 4.79 Å². The average Bonchev–Trinajstić information content (AvgIpc) is 2.72. The fourth-order valence-electron chi connectivity index (χ4n) is 1.69. The van der Waals surface area contributed by atoms with Gasteiger partial charge in [-0.25, -0.2) is 4.98 Å². The molecule has 0 aliphatic carbocycles. The number of aryl methyl sites for hydroxylation is 2. The van der Waals surface area contributed by atoms with Crippen LogP contribution >= 0.6 is 22.9 Å². The quantitative estimate of drug-likeness (QED) is 0.877. The minimum Gasteiger partial charge on any atom is -0.301 e. The highest BCUT2D eigenvalue weighted by molar-refractivity contribution is 7.15. The maximum absolute atomic E-state index is 11.2. The van der Waals surface area contributed by atoms with Crippen molar-refractivity contribution < 1.29 is 4.79 Å². The number of rotatable bonds is 4. The first-order valence-corrected chi connectivity index (χ1v) is 7.31. The van der Waals surface area contributed by atoms with Gasteiger partial charge in [-0.3, -0.25) is 4.79 Å². The van der Waals surface area contributed by atoms with Crippen LogP contribution in [0.15, 0.2) is 24.3 Å². The minimum absolute atomic E-state index is 0.0497. The Hall–Kier alpha value is -1.39.